The van der Waals surface area contributed by atoms with E-state index in [1.807, 2.05) is 6.92 Å². The van der Waals surface area contributed by atoms with E-state index in [4.69, 9.17) is 10.4 Å². The van der Waals surface area contributed by atoms with Crippen molar-refractivity contribution in [3.05, 3.63) is 28.6 Å². The van der Waals surface area contributed by atoms with Crippen LogP contribution in [0.25, 0.3) is 0 Å². The molecule has 0 aromatic heterocycles. The highest BCUT2D eigenvalue weighted by atomic mass is 16.8. The van der Waals surface area contributed by atoms with Gasteiger partial charge in [0.05, 0.1) is 5.69 Å². The Balaban J connectivity index is 3.00. The predicted octanol–water partition coefficient (Wildman–Crippen LogP) is 1.88. The van der Waals surface area contributed by atoms with Gasteiger partial charge in [-0.3, -0.25) is 15.8 Å². The number of rotatable bonds is 5. The summed E-state index contributed by atoms with van der Waals surface area (Å²) in [5.41, 5.74) is 2.38. The molecular formula is C9H12N4O4-2. The van der Waals surface area contributed by atoms with Crippen molar-refractivity contribution in [3.63, 3.8) is 0 Å². The topological polar surface area (TPSA) is 117 Å². The van der Waals surface area contributed by atoms with Gasteiger partial charge in [-0.1, -0.05) is 6.92 Å². The van der Waals surface area contributed by atoms with Crippen molar-refractivity contribution in [2.45, 2.75) is 13.3 Å². The van der Waals surface area contributed by atoms with Crippen LogP contribution in [0.5, 0.6) is 0 Å². The van der Waals surface area contributed by atoms with Gasteiger partial charge in [-0.25, -0.2) is 0 Å². The Hall–Kier alpha value is -1.87. The first-order valence-corrected chi connectivity index (χ1v) is 4.80. The summed E-state index contributed by atoms with van der Waals surface area (Å²) in [6.45, 7) is 1.88. The van der Waals surface area contributed by atoms with Crippen molar-refractivity contribution in [2.24, 2.45) is 5.10 Å². The van der Waals surface area contributed by atoms with E-state index in [0.717, 1.165) is 6.07 Å². The smallest absolute Gasteiger partial charge is 0.121 e. The summed E-state index contributed by atoms with van der Waals surface area (Å²) in [7, 11) is 0. The molecule has 0 saturated carbocycles. The quantitative estimate of drug-likeness (QED) is 0.531. The molecule has 3 N–H and O–H groups in total. The third-order valence-corrected chi connectivity index (χ3v) is 1.87. The molecule has 0 aliphatic heterocycles. The van der Waals surface area contributed by atoms with Crippen LogP contribution in [0.1, 0.15) is 13.3 Å². The lowest BCUT2D eigenvalue weighted by molar-refractivity contribution is 0.0295. The fraction of sp³-hybridized carbons (Fsp3) is 0.222. The van der Waals surface area contributed by atoms with E-state index < -0.39 is 5.23 Å². The van der Waals surface area contributed by atoms with Crippen LogP contribution in [-0.4, -0.2) is 16.6 Å². The van der Waals surface area contributed by atoms with Crippen LogP contribution in [-0.2, 0) is 0 Å². The van der Waals surface area contributed by atoms with Crippen LogP contribution in [0.4, 0.5) is 17.1 Å². The molecule has 8 heteroatoms. The summed E-state index contributed by atoms with van der Waals surface area (Å²) >= 11 is 0. The summed E-state index contributed by atoms with van der Waals surface area (Å²) in [4.78, 5) is 0. The zero-order chi connectivity index (χ0) is 12.8. The minimum atomic E-state index is -0.633. The monoisotopic (exact) mass is 240 g/mol. The van der Waals surface area contributed by atoms with Crippen LogP contribution < -0.4 is 15.9 Å². The highest BCUT2D eigenvalue weighted by molar-refractivity contribution is 5.74. The second-order valence-electron chi connectivity index (χ2n) is 3.08. The second kappa shape index (κ2) is 6.01. The van der Waals surface area contributed by atoms with Gasteiger partial charge in [0.2, 0.25) is 0 Å². The molecule has 8 nitrogen and oxygen atoms in total. The Kier molecular flexibility index (Phi) is 4.67. The average Bonchev–Trinajstić information content (AvgIpc) is 2.29. The molecule has 1 rings (SSSR count). The van der Waals surface area contributed by atoms with Crippen LogP contribution in [0, 0.1) is 10.4 Å². The van der Waals surface area contributed by atoms with Gasteiger partial charge >= 0.3 is 0 Å². The van der Waals surface area contributed by atoms with Gasteiger partial charge in [-0.05, 0) is 24.6 Å². The zero-order valence-corrected chi connectivity index (χ0v) is 9.07. The lowest BCUT2D eigenvalue weighted by atomic mass is 10.2. The molecule has 0 atom stereocenters. The molecule has 0 amide bonds. The number of hydrogen-bond donors (Lipinski definition) is 3. The number of anilines is 3. The maximum Gasteiger partial charge on any atom is 0.121 e. The van der Waals surface area contributed by atoms with Gasteiger partial charge in [0.1, 0.15) is 5.69 Å². The van der Waals surface area contributed by atoms with Crippen LogP contribution in [0.2, 0.25) is 0 Å². The van der Waals surface area contributed by atoms with E-state index in [1.165, 1.54) is 12.1 Å². The van der Waals surface area contributed by atoms with E-state index in [0.29, 0.717) is 6.42 Å². The largest absolute Gasteiger partial charge is 0.769 e. The predicted molar refractivity (Wildman–Crippen MR) is 64.1 cm³/mol. The lowest BCUT2D eigenvalue weighted by Crippen LogP contribution is -2.14. The first-order valence-electron chi connectivity index (χ1n) is 4.80. The van der Waals surface area contributed by atoms with E-state index in [2.05, 4.69) is 10.5 Å². The molecule has 0 fully saturated rings. The molecule has 1 aromatic rings. The number of nitrogens with zero attached hydrogens (tertiary/aromatic N) is 3. The normalized spacial score (nSPS) is 10.6. The van der Waals surface area contributed by atoms with Crippen molar-refractivity contribution in [1.82, 2.24) is 0 Å². The SMILES string of the molecule is CCC=NNc1ccc(N([O-])[O-])cc1N(O)O. The molecule has 0 aliphatic rings. The van der Waals surface area contributed by atoms with Gasteiger partial charge in [-0.15, -0.1) is 5.23 Å². The number of hydrogen-bond acceptors (Lipinski definition) is 8. The summed E-state index contributed by atoms with van der Waals surface area (Å²) in [6, 6.07) is 3.58. The molecule has 0 unspecified atom stereocenters. The molecule has 0 bridgehead atoms. The summed E-state index contributed by atoms with van der Waals surface area (Å²) in [5.74, 6) is 0. The molecule has 0 aliphatic carbocycles. The Bertz CT molecular complexity index is 395. The molecule has 1 aromatic carbocycles. The van der Waals surface area contributed by atoms with Gasteiger partial charge in [0.15, 0.2) is 0 Å². The Morgan fingerprint density at radius 2 is 2.12 bits per heavy atom. The van der Waals surface area contributed by atoms with E-state index in [-0.39, 0.29) is 22.3 Å². The minimum absolute atomic E-state index is 0.160. The standard InChI is InChI=1S/C9H12N4O4/c1-2-5-10-11-8-4-3-7(12(14)15)6-9(8)13(16)17/h3-6,11,16-17H,2H2,1H3/q-2. The van der Waals surface area contributed by atoms with Gasteiger partial charge < -0.3 is 15.6 Å². The summed E-state index contributed by atoms with van der Waals surface area (Å²) < 4.78 is 0. The third kappa shape index (κ3) is 3.57. The van der Waals surface area contributed by atoms with Crippen LogP contribution in [0.3, 0.4) is 0 Å². The molecule has 0 heterocycles. The Morgan fingerprint density at radius 3 is 2.65 bits per heavy atom. The zero-order valence-electron chi connectivity index (χ0n) is 9.07. The Labute approximate surface area is 97.5 Å². The maximum absolute atomic E-state index is 10.5. The molecule has 0 radical (unpaired) electrons. The van der Waals surface area contributed by atoms with E-state index in [9.17, 15) is 10.4 Å². The minimum Gasteiger partial charge on any atom is -0.769 e. The molecule has 17 heavy (non-hydrogen) atoms. The van der Waals surface area contributed by atoms with Crippen LogP contribution >= 0.6 is 0 Å². The highest BCUT2D eigenvalue weighted by Crippen LogP contribution is 2.29. The van der Waals surface area contributed by atoms with Gasteiger partial charge in [-0.2, -0.15) is 5.10 Å². The van der Waals surface area contributed by atoms with E-state index in [1.54, 1.807) is 6.21 Å². The first kappa shape index (κ1) is 13.2. The van der Waals surface area contributed by atoms with Crippen molar-refractivity contribution < 1.29 is 10.4 Å². The molecule has 94 valence electrons. The number of hydrazone groups is 1. The lowest BCUT2D eigenvalue weighted by Gasteiger charge is -2.37. The summed E-state index contributed by atoms with van der Waals surface area (Å²) in [6.07, 6.45) is 2.28. The van der Waals surface area contributed by atoms with Gasteiger partial charge in [0, 0.05) is 11.9 Å². The van der Waals surface area contributed by atoms with Crippen molar-refractivity contribution >= 4 is 23.3 Å². The van der Waals surface area contributed by atoms with Crippen molar-refractivity contribution in [2.75, 3.05) is 15.9 Å². The maximum atomic E-state index is 10.5. The fourth-order valence-electron chi connectivity index (χ4n) is 1.10. The molecule has 0 saturated heterocycles. The van der Waals surface area contributed by atoms with Gasteiger partial charge in [0.25, 0.3) is 0 Å². The van der Waals surface area contributed by atoms with E-state index >= 15 is 0 Å². The Morgan fingerprint density at radius 1 is 1.41 bits per heavy atom. The molecular weight excluding hydrogens is 228 g/mol. The van der Waals surface area contributed by atoms with Crippen molar-refractivity contribution in [3.8, 4) is 0 Å². The van der Waals surface area contributed by atoms with Crippen LogP contribution in [0.15, 0.2) is 23.3 Å². The summed E-state index contributed by atoms with van der Waals surface area (Å²) in [5, 5.41) is 41.9. The second-order valence-corrected chi connectivity index (χ2v) is 3.08. The highest BCUT2D eigenvalue weighted by Gasteiger charge is 2.07. The van der Waals surface area contributed by atoms with Crippen molar-refractivity contribution in [1.29, 1.82) is 0 Å². The third-order valence-electron chi connectivity index (χ3n) is 1.87. The first-order chi connectivity index (χ1) is 8.06. The average molecular weight is 240 g/mol. The number of nitrogens with one attached hydrogen (secondary N) is 1. The fourth-order valence-corrected chi connectivity index (χ4v) is 1.10. The number of benzene rings is 1. The molecule has 0 spiro atoms.